The second-order valence-electron chi connectivity index (χ2n) is 5.95. The smallest absolute Gasteiger partial charge is 0.337 e. The number of fused-ring (bicyclic) bond motifs is 2. The molecule has 3 unspecified atom stereocenters. The number of carbonyl (C=O) groups excluding carboxylic acids is 1. The molecule has 2 aliphatic rings. The van der Waals surface area contributed by atoms with E-state index in [0.717, 1.165) is 23.1 Å². The molecule has 102 valence electrons. The number of benzene rings is 1. The maximum Gasteiger partial charge on any atom is 0.337 e. The molecule has 0 heterocycles. The molecule has 1 N–H and O–H groups in total. The van der Waals surface area contributed by atoms with Crippen molar-refractivity contribution in [1.29, 1.82) is 0 Å². The fourth-order valence-electron chi connectivity index (χ4n) is 3.69. The third-order valence-corrected chi connectivity index (χ3v) is 4.73. The lowest BCUT2D eigenvalue weighted by atomic mass is 9.95. The summed E-state index contributed by atoms with van der Waals surface area (Å²) >= 11 is 0. The van der Waals surface area contributed by atoms with Crippen molar-refractivity contribution in [3.05, 3.63) is 29.3 Å². The molecule has 3 heteroatoms. The Morgan fingerprint density at radius 2 is 2.16 bits per heavy atom. The minimum absolute atomic E-state index is 0.269. The first-order valence-corrected chi connectivity index (χ1v) is 7.13. The highest BCUT2D eigenvalue weighted by Crippen LogP contribution is 2.45. The summed E-state index contributed by atoms with van der Waals surface area (Å²) < 4.78 is 4.75. The summed E-state index contributed by atoms with van der Waals surface area (Å²) in [7, 11) is 1.42. The normalized spacial score (nSPS) is 28.4. The molecule has 3 atom stereocenters. The Morgan fingerprint density at radius 1 is 1.32 bits per heavy atom. The molecule has 0 aromatic heterocycles. The number of methoxy groups -OCH3 is 1. The largest absolute Gasteiger partial charge is 0.465 e. The monoisotopic (exact) mass is 259 g/mol. The maximum atomic E-state index is 11.5. The maximum absolute atomic E-state index is 11.5. The van der Waals surface area contributed by atoms with E-state index in [1.54, 1.807) is 0 Å². The van der Waals surface area contributed by atoms with E-state index < -0.39 is 0 Å². The molecule has 0 saturated heterocycles. The van der Waals surface area contributed by atoms with E-state index >= 15 is 0 Å². The third-order valence-electron chi connectivity index (χ3n) is 4.73. The van der Waals surface area contributed by atoms with Gasteiger partial charge in [0.05, 0.1) is 12.7 Å². The highest BCUT2D eigenvalue weighted by Gasteiger charge is 2.39. The van der Waals surface area contributed by atoms with Crippen molar-refractivity contribution in [2.45, 2.75) is 38.6 Å². The van der Waals surface area contributed by atoms with E-state index in [-0.39, 0.29) is 5.97 Å². The number of esters is 1. The second-order valence-corrected chi connectivity index (χ2v) is 5.95. The molecule has 0 radical (unpaired) electrons. The molecule has 19 heavy (non-hydrogen) atoms. The van der Waals surface area contributed by atoms with Crippen LogP contribution in [-0.2, 0) is 4.74 Å². The molecule has 0 spiro atoms. The van der Waals surface area contributed by atoms with Gasteiger partial charge in [0.1, 0.15) is 0 Å². The highest BCUT2D eigenvalue weighted by molar-refractivity contribution is 5.90. The van der Waals surface area contributed by atoms with Crippen LogP contribution in [0.4, 0.5) is 5.69 Å². The van der Waals surface area contributed by atoms with Gasteiger partial charge in [-0.15, -0.1) is 0 Å². The van der Waals surface area contributed by atoms with Crippen LogP contribution in [0.3, 0.4) is 0 Å². The Balaban J connectivity index is 1.73. The molecule has 2 saturated carbocycles. The zero-order valence-electron chi connectivity index (χ0n) is 11.6. The van der Waals surface area contributed by atoms with Crippen molar-refractivity contribution in [2.24, 2.45) is 11.8 Å². The first kappa shape index (κ1) is 12.5. The average molecular weight is 259 g/mol. The number of aryl methyl sites for hydroxylation is 1. The van der Waals surface area contributed by atoms with Crippen LogP contribution in [-0.4, -0.2) is 19.1 Å². The van der Waals surface area contributed by atoms with E-state index in [9.17, 15) is 4.79 Å². The lowest BCUT2D eigenvalue weighted by Crippen LogP contribution is -2.26. The van der Waals surface area contributed by atoms with E-state index in [1.165, 1.54) is 32.8 Å². The number of rotatable bonds is 3. The average Bonchev–Trinajstić information content (AvgIpc) is 3.02. The number of carbonyl (C=O) groups is 1. The zero-order chi connectivity index (χ0) is 13.4. The van der Waals surface area contributed by atoms with Crippen LogP contribution in [0.25, 0.3) is 0 Å². The Hall–Kier alpha value is -1.51. The summed E-state index contributed by atoms with van der Waals surface area (Å²) in [6.07, 6.45) is 5.50. The van der Waals surface area contributed by atoms with Crippen LogP contribution in [0.1, 0.15) is 41.6 Å². The summed E-state index contributed by atoms with van der Waals surface area (Å²) in [5.74, 6) is 1.52. The molecule has 2 aliphatic carbocycles. The second kappa shape index (κ2) is 4.87. The van der Waals surface area contributed by atoms with Gasteiger partial charge in [-0.1, -0.05) is 6.42 Å². The Morgan fingerprint density at radius 3 is 2.74 bits per heavy atom. The van der Waals surface area contributed by atoms with E-state index in [4.69, 9.17) is 4.74 Å². The van der Waals surface area contributed by atoms with Crippen molar-refractivity contribution >= 4 is 11.7 Å². The fourth-order valence-corrected chi connectivity index (χ4v) is 3.69. The molecule has 3 rings (SSSR count). The predicted octanol–water partition coefficient (Wildman–Crippen LogP) is 3.38. The van der Waals surface area contributed by atoms with Gasteiger partial charge in [0.15, 0.2) is 0 Å². The van der Waals surface area contributed by atoms with Crippen molar-refractivity contribution in [3.8, 4) is 0 Å². The van der Waals surface area contributed by atoms with Crippen LogP contribution in [0.5, 0.6) is 0 Å². The highest BCUT2D eigenvalue weighted by atomic mass is 16.5. The number of nitrogens with one attached hydrogen (secondary N) is 1. The van der Waals surface area contributed by atoms with Gasteiger partial charge in [0.2, 0.25) is 0 Å². The van der Waals surface area contributed by atoms with Crippen molar-refractivity contribution in [2.75, 3.05) is 12.4 Å². The van der Waals surface area contributed by atoms with Gasteiger partial charge in [0, 0.05) is 11.7 Å². The lowest BCUT2D eigenvalue weighted by molar-refractivity contribution is 0.0600. The fraction of sp³-hybridized carbons (Fsp3) is 0.562. The van der Waals surface area contributed by atoms with Crippen molar-refractivity contribution in [1.82, 2.24) is 0 Å². The molecule has 2 bridgehead atoms. The van der Waals surface area contributed by atoms with Crippen molar-refractivity contribution in [3.63, 3.8) is 0 Å². The summed E-state index contributed by atoms with van der Waals surface area (Å²) in [6.45, 7) is 2.04. The van der Waals surface area contributed by atoms with Gasteiger partial charge in [-0.05, 0) is 61.8 Å². The molecule has 1 aromatic carbocycles. The molecule has 2 fully saturated rings. The minimum atomic E-state index is -0.269. The Labute approximate surface area is 114 Å². The lowest BCUT2D eigenvalue weighted by Gasteiger charge is -2.25. The van der Waals surface area contributed by atoms with Gasteiger partial charge in [-0.3, -0.25) is 0 Å². The van der Waals surface area contributed by atoms with Crippen LogP contribution in [0.15, 0.2) is 18.2 Å². The van der Waals surface area contributed by atoms with Gasteiger partial charge >= 0.3 is 5.97 Å². The number of ether oxygens (including phenoxy) is 1. The standard InChI is InChI=1S/C16H21NO2/c1-10-7-13(16(18)19-2)5-6-14(10)17-15-9-11-3-4-12(15)8-11/h5-7,11-12,15,17H,3-4,8-9H2,1-2H3. The van der Waals surface area contributed by atoms with Crippen LogP contribution >= 0.6 is 0 Å². The molecule has 1 aromatic rings. The Kier molecular flexibility index (Phi) is 3.21. The van der Waals surface area contributed by atoms with Crippen LogP contribution < -0.4 is 5.32 Å². The summed E-state index contributed by atoms with van der Waals surface area (Å²) in [4.78, 5) is 11.5. The first-order chi connectivity index (χ1) is 9.17. The molecular formula is C16H21NO2. The van der Waals surface area contributed by atoms with Gasteiger partial charge in [-0.2, -0.15) is 0 Å². The number of hydrogen-bond acceptors (Lipinski definition) is 3. The zero-order valence-corrected chi connectivity index (χ0v) is 11.6. The summed E-state index contributed by atoms with van der Waals surface area (Å²) in [5, 5.41) is 3.67. The van der Waals surface area contributed by atoms with Crippen LogP contribution in [0, 0.1) is 18.8 Å². The Bertz CT molecular complexity index is 498. The minimum Gasteiger partial charge on any atom is -0.465 e. The van der Waals surface area contributed by atoms with Crippen LogP contribution in [0.2, 0.25) is 0 Å². The van der Waals surface area contributed by atoms with Gasteiger partial charge < -0.3 is 10.1 Å². The summed E-state index contributed by atoms with van der Waals surface area (Å²) in [5.41, 5.74) is 2.90. The molecule has 0 amide bonds. The molecular weight excluding hydrogens is 238 g/mol. The summed E-state index contributed by atoms with van der Waals surface area (Å²) in [6, 6.07) is 6.38. The van der Waals surface area contributed by atoms with E-state index in [1.807, 2.05) is 25.1 Å². The topological polar surface area (TPSA) is 38.3 Å². The SMILES string of the molecule is COC(=O)c1ccc(NC2CC3CCC2C3)c(C)c1. The van der Waals surface area contributed by atoms with Gasteiger partial charge in [0.25, 0.3) is 0 Å². The predicted molar refractivity (Wildman–Crippen MR) is 75.4 cm³/mol. The number of anilines is 1. The quantitative estimate of drug-likeness (QED) is 0.846. The third kappa shape index (κ3) is 2.34. The molecule has 3 nitrogen and oxygen atoms in total. The number of hydrogen-bond donors (Lipinski definition) is 1. The molecule has 0 aliphatic heterocycles. The van der Waals surface area contributed by atoms with E-state index in [0.29, 0.717) is 11.6 Å². The van der Waals surface area contributed by atoms with E-state index in [2.05, 4.69) is 5.32 Å². The van der Waals surface area contributed by atoms with Gasteiger partial charge in [-0.25, -0.2) is 4.79 Å². The van der Waals surface area contributed by atoms with Crippen molar-refractivity contribution < 1.29 is 9.53 Å². The first-order valence-electron chi connectivity index (χ1n) is 7.13.